The van der Waals surface area contributed by atoms with Gasteiger partial charge in [-0.2, -0.15) is 0 Å². The highest BCUT2D eigenvalue weighted by Gasteiger charge is 2.24. The molecule has 0 radical (unpaired) electrons. The van der Waals surface area contributed by atoms with Crippen LogP contribution in [0.1, 0.15) is 20.3 Å². The van der Waals surface area contributed by atoms with Gasteiger partial charge in [0, 0.05) is 19.6 Å². The molecule has 1 saturated heterocycles. The quantitative estimate of drug-likeness (QED) is 0.709. The number of rotatable bonds is 2. The summed E-state index contributed by atoms with van der Waals surface area (Å²) in [5.74, 6) is 0.332. The molecule has 2 N–H and O–H groups in total. The number of carbonyl (C=O) groups is 1. The van der Waals surface area contributed by atoms with Gasteiger partial charge in [0.25, 0.3) is 0 Å². The molecule has 0 aromatic rings. The molecule has 1 rings (SSSR count). The van der Waals surface area contributed by atoms with E-state index in [0.717, 1.165) is 32.6 Å². The summed E-state index contributed by atoms with van der Waals surface area (Å²) in [5, 5.41) is 0. The van der Waals surface area contributed by atoms with Crippen LogP contribution in [0.2, 0.25) is 0 Å². The van der Waals surface area contributed by atoms with E-state index in [4.69, 9.17) is 5.73 Å². The average Bonchev–Trinajstić information content (AvgIpc) is 2.40. The van der Waals surface area contributed by atoms with Crippen LogP contribution in [0.3, 0.4) is 0 Å². The Morgan fingerprint density at radius 1 is 1.20 bits per heavy atom. The second-order valence-electron chi connectivity index (χ2n) is 4.75. The summed E-state index contributed by atoms with van der Waals surface area (Å²) < 4.78 is 0. The van der Waals surface area contributed by atoms with Crippen molar-refractivity contribution in [3.8, 4) is 0 Å². The number of hydrogen-bond acceptors (Lipinski definition) is 3. The van der Waals surface area contributed by atoms with Gasteiger partial charge in [0.2, 0.25) is 5.91 Å². The second-order valence-corrected chi connectivity index (χ2v) is 4.75. The largest absolute Gasteiger partial charge is 0.340 e. The van der Waals surface area contributed by atoms with Crippen LogP contribution < -0.4 is 5.73 Å². The van der Waals surface area contributed by atoms with Crippen molar-refractivity contribution in [1.82, 2.24) is 9.80 Å². The fourth-order valence-electron chi connectivity index (χ4n) is 1.76. The topological polar surface area (TPSA) is 49.6 Å². The molecule has 1 atom stereocenters. The third kappa shape index (κ3) is 3.47. The molecule has 15 heavy (non-hydrogen) atoms. The van der Waals surface area contributed by atoms with Crippen molar-refractivity contribution < 1.29 is 4.79 Å². The molecule has 0 bridgehead atoms. The van der Waals surface area contributed by atoms with E-state index in [0.29, 0.717) is 0 Å². The highest BCUT2D eigenvalue weighted by atomic mass is 16.2. The fourth-order valence-corrected chi connectivity index (χ4v) is 1.76. The van der Waals surface area contributed by atoms with Crippen molar-refractivity contribution in [2.45, 2.75) is 26.3 Å². The number of likely N-dealkylation sites (N-methyl/N-ethyl adjacent to an activating group) is 1. The summed E-state index contributed by atoms with van der Waals surface area (Å²) in [5.41, 5.74) is 5.87. The lowest BCUT2D eigenvalue weighted by molar-refractivity contribution is -0.133. The zero-order chi connectivity index (χ0) is 11.4. The minimum Gasteiger partial charge on any atom is -0.340 e. The van der Waals surface area contributed by atoms with E-state index < -0.39 is 0 Å². The van der Waals surface area contributed by atoms with Crippen molar-refractivity contribution in [2.75, 3.05) is 33.2 Å². The molecule has 1 heterocycles. The first-order valence-corrected chi connectivity index (χ1v) is 5.75. The monoisotopic (exact) mass is 213 g/mol. The molecule has 0 aromatic carbocycles. The molecule has 88 valence electrons. The zero-order valence-electron chi connectivity index (χ0n) is 10.1. The average molecular weight is 213 g/mol. The van der Waals surface area contributed by atoms with Gasteiger partial charge in [-0.1, -0.05) is 13.8 Å². The Kier molecular flexibility index (Phi) is 4.54. The van der Waals surface area contributed by atoms with E-state index in [-0.39, 0.29) is 17.9 Å². The number of amides is 1. The van der Waals surface area contributed by atoms with Gasteiger partial charge in [0.1, 0.15) is 0 Å². The Balaban J connectivity index is 2.52. The van der Waals surface area contributed by atoms with Gasteiger partial charge in [-0.05, 0) is 25.9 Å². The lowest BCUT2D eigenvalue weighted by Gasteiger charge is -2.25. The van der Waals surface area contributed by atoms with E-state index >= 15 is 0 Å². The van der Waals surface area contributed by atoms with Crippen molar-refractivity contribution in [3.63, 3.8) is 0 Å². The first-order valence-electron chi connectivity index (χ1n) is 5.75. The SMILES string of the molecule is CC(C)[C@@H](N)C(=O)N1CCCN(C)CC1. The standard InChI is InChI=1S/C11H23N3O/c1-9(2)10(12)11(15)14-6-4-5-13(3)7-8-14/h9-10H,4-8,12H2,1-3H3/t10-/m1/s1. The van der Waals surface area contributed by atoms with Crippen LogP contribution in [0.25, 0.3) is 0 Å². The number of carbonyl (C=O) groups excluding carboxylic acids is 1. The van der Waals surface area contributed by atoms with Crippen LogP contribution in [-0.4, -0.2) is 55.0 Å². The molecular formula is C11H23N3O. The van der Waals surface area contributed by atoms with Gasteiger partial charge in [0.15, 0.2) is 0 Å². The van der Waals surface area contributed by atoms with Crippen molar-refractivity contribution in [2.24, 2.45) is 11.7 Å². The van der Waals surface area contributed by atoms with E-state index in [9.17, 15) is 4.79 Å². The number of hydrogen-bond donors (Lipinski definition) is 1. The molecule has 4 heteroatoms. The third-order valence-electron chi connectivity index (χ3n) is 3.03. The van der Waals surface area contributed by atoms with Crippen molar-refractivity contribution in [1.29, 1.82) is 0 Å². The molecule has 4 nitrogen and oxygen atoms in total. The maximum atomic E-state index is 12.0. The van der Waals surface area contributed by atoms with Gasteiger partial charge in [0.05, 0.1) is 6.04 Å². The molecule has 0 saturated carbocycles. The Bertz CT molecular complexity index is 218. The molecule has 1 aliphatic rings. The lowest BCUT2D eigenvalue weighted by atomic mass is 10.0. The van der Waals surface area contributed by atoms with Crippen molar-refractivity contribution in [3.05, 3.63) is 0 Å². The maximum Gasteiger partial charge on any atom is 0.239 e. The highest BCUT2D eigenvalue weighted by molar-refractivity contribution is 5.81. The van der Waals surface area contributed by atoms with Crippen LogP contribution in [0.4, 0.5) is 0 Å². The fraction of sp³-hybridized carbons (Fsp3) is 0.909. The van der Waals surface area contributed by atoms with Gasteiger partial charge in [-0.3, -0.25) is 4.79 Å². The molecular weight excluding hydrogens is 190 g/mol. The molecule has 0 aliphatic carbocycles. The Labute approximate surface area is 92.4 Å². The first-order chi connectivity index (χ1) is 7.02. The predicted octanol–water partition coefficient (Wildman–Crippen LogP) is 0.134. The normalized spacial score (nSPS) is 21.5. The summed E-state index contributed by atoms with van der Waals surface area (Å²) in [6.45, 7) is 7.68. The van der Waals surface area contributed by atoms with Gasteiger partial charge in [-0.15, -0.1) is 0 Å². The molecule has 1 aliphatic heterocycles. The Morgan fingerprint density at radius 2 is 1.87 bits per heavy atom. The molecule has 1 fully saturated rings. The molecule has 0 aromatic heterocycles. The van der Waals surface area contributed by atoms with E-state index in [1.807, 2.05) is 18.7 Å². The molecule has 0 spiro atoms. The predicted molar refractivity (Wildman–Crippen MR) is 61.5 cm³/mol. The van der Waals surface area contributed by atoms with Gasteiger partial charge >= 0.3 is 0 Å². The van der Waals surface area contributed by atoms with Crippen LogP contribution in [0.5, 0.6) is 0 Å². The highest BCUT2D eigenvalue weighted by Crippen LogP contribution is 2.07. The minimum atomic E-state index is -0.339. The van der Waals surface area contributed by atoms with Gasteiger partial charge in [-0.25, -0.2) is 0 Å². The summed E-state index contributed by atoms with van der Waals surface area (Å²) in [6, 6.07) is -0.339. The van der Waals surface area contributed by atoms with Crippen molar-refractivity contribution >= 4 is 5.91 Å². The van der Waals surface area contributed by atoms with Crippen LogP contribution >= 0.6 is 0 Å². The maximum absolute atomic E-state index is 12.0. The van der Waals surface area contributed by atoms with E-state index in [1.165, 1.54) is 0 Å². The van der Waals surface area contributed by atoms with Crippen LogP contribution in [0.15, 0.2) is 0 Å². The first kappa shape index (κ1) is 12.5. The second kappa shape index (κ2) is 5.47. The summed E-state index contributed by atoms with van der Waals surface area (Å²) >= 11 is 0. The molecule has 0 unspecified atom stereocenters. The minimum absolute atomic E-state index is 0.111. The van der Waals surface area contributed by atoms with E-state index in [2.05, 4.69) is 11.9 Å². The number of nitrogens with zero attached hydrogens (tertiary/aromatic N) is 2. The van der Waals surface area contributed by atoms with Gasteiger partial charge < -0.3 is 15.5 Å². The molecule has 1 amide bonds. The Hall–Kier alpha value is -0.610. The lowest BCUT2D eigenvalue weighted by Crippen LogP contribution is -2.47. The zero-order valence-corrected chi connectivity index (χ0v) is 10.1. The Morgan fingerprint density at radius 3 is 2.47 bits per heavy atom. The van der Waals surface area contributed by atoms with Crippen LogP contribution in [-0.2, 0) is 4.79 Å². The van der Waals surface area contributed by atoms with E-state index in [1.54, 1.807) is 0 Å². The van der Waals surface area contributed by atoms with Crippen LogP contribution in [0, 0.1) is 5.92 Å². The summed E-state index contributed by atoms with van der Waals surface area (Å²) in [6.07, 6.45) is 1.05. The summed E-state index contributed by atoms with van der Waals surface area (Å²) in [4.78, 5) is 16.2. The number of nitrogens with two attached hydrogens (primary N) is 1. The smallest absolute Gasteiger partial charge is 0.239 e. The third-order valence-corrected chi connectivity index (χ3v) is 3.03. The summed E-state index contributed by atoms with van der Waals surface area (Å²) in [7, 11) is 2.09.